The van der Waals surface area contributed by atoms with E-state index in [0.717, 1.165) is 23.3 Å². The first-order chi connectivity index (χ1) is 14.8. The van der Waals surface area contributed by atoms with Crippen LogP contribution < -0.4 is 5.32 Å². The standard InChI is InChI=1S/C24H28FN3O3/c1-4-7-17-10-12-19(13-11-17)24(3)22(30)28(23(31)26-24)16-21(29)27(5-2)15-18-8-6-9-20(25)14-18/h6,8-14H,4-5,7,15-16H2,1-3H3,(H,26,31). The SMILES string of the molecule is CCCc1ccc(C2(C)NC(=O)N(CC(=O)N(CC)Cc3cccc(F)c3)C2=O)cc1. The second-order valence-corrected chi connectivity index (χ2v) is 7.93. The highest BCUT2D eigenvalue weighted by Gasteiger charge is 2.49. The van der Waals surface area contributed by atoms with Gasteiger partial charge < -0.3 is 10.2 Å². The smallest absolute Gasteiger partial charge is 0.325 e. The number of aryl methyl sites for hydroxylation is 1. The average molecular weight is 426 g/mol. The van der Waals surface area contributed by atoms with Crippen molar-refractivity contribution >= 4 is 17.8 Å². The van der Waals surface area contributed by atoms with Crippen LogP contribution in [0.15, 0.2) is 48.5 Å². The highest BCUT2D eigenvalue weighted by Crippen LogP contribution is 2.29. The van der Waals surface area contributed by atoms with Gasteiger partial charge in [-0.25, -0.2) is 9.18 Å². The number of hydrogen-bond donors (Lipinski definition) is 1. The monoisotopic (exact) mass is 425 g/mol. The van der Waals surface area contributed by atoms with Crippen LogP contribution in [0.3, 0.4) is 0 Å². The van der Waals surface area contributed by atoms with Gasteiger partial charge in [0.1, 0.15) is 17.9 Å². The number of likely N-dealkylation sites (N-methyl/N-ethyl adjacent to an activating group) is 1. The van der Waals surface area contributed by atoms with Crippen molar-refractivity contribution in [3.8, 4) is 0 Å². The minimum Gasteiger partial charge on any atom is -0.337 e. The van der Waals surface area contributed by atoms with Crippen molar-refractivity contribution < 1.29 is 18.8 Å². The number of urea groups is 1. The van der Waals surface area contributed by atoms with Gasteiger partial charge in [0.15, 0.2) is 0 Å². The lowest BCUT2D eigenvalue weighted by Gasteiger charge is -2.25. The summed E-state index contributed by atoms with van der Waals surface area (Å²) in [6, 6.07) is 13.0. The molecular formula is C24H28FN3O3. The number of nitrogens with one attached hydrogen (secondary N) is 1. The van der Waals surface area contributed by atoms with Crippen LogP contribution in [0.1, 0.15) is 43.9 Å². The lowest BCUT2D eigenvalue weighted by Crippen LogP contribution is -2.44. The molecule has 1 atom stereocenters. The van der Waals surface area contributed by atoms with Crippen molar-refractivity contribution in [3.05, 3.63) is 71.0 Å². The third kappa shape index (κ3) is 4.76. The summed E-state index contributed by atoms with van der Waals surface area (Å²) < 4.78 is 13.5. The Morgan fingerprint density at radius 2 is 1.81 bits per heavy atom. The molecule has 1 aliphatic heterocycles. The quantitative estimate of drug-likeness (QED) is 0.657. The maximum atomic E-state index is 13.5. The van der Waals surface area contributed by atoms with Crippen molar-refractivity contribution in [1.82, 2.24) is 15.1 Å². The number of imide groups is 1. The molecule has 164 valence electrons. The van der Waals surface area contributed by atoms with Gasteiger partial charge >= 0.3 is 6.03 Å². The Morgan fingerprint density at radius 3 is 2.42 bits per heavy atom. The molecule has 6 nitrogen and oxygen atoms in total. The molecule has 0 spiro atoms. The second kappa shape index (κ2) is 9.29. The fourth-order valence-corrected chi connectivity index (χ4v) is 3.80. The molecule has 0 bridgehead atoms. The third-order valence-corrected chi connectivity index (χ3v) is 5.64. The molecule has 0 aromatic heterocycles. The van der Waals surface area contributed by atoms with Crippen molar-refractivity contribution in [1.29, 1.82) is 0 Å². The number of nitrogens with zero attached hydrogens (tertiary/aromatic N) is 2. The van der Waals surface area contributed by atoms with E-state index in [-0.39, 0.29) is 24.8 Å². The van der Waals surface area contributed by atoms with E-state index in [2.05, 4.69) is 12.2 Å². The van der Waals surface area contributed by atoms with Gasteiger partial charge in [-0.15, -0.1) is 0 Å². The number of rotatable bonds is 8. The van der Waals surface area contributed by atoms with E-state index in [4.69, 9.17) is 0 Å². The molecule has 1 N–H and O–H groups in total. The summed E-state index contributed by atoms with van der Waals surface area (Å²) in [5.41, 5.74) is 1.26. The van der Waals surface area contributed by atoms with Crippen LogP contribution in [-0.2, 0) is 28.1 Å². The van der Waals surface area contributed by atoms with E-state index < -0.39 is 17.5 Å². The molecular weight excluding hydrogens is 397 g/mol. The number of hydrogen-bond acceptors (Lipinski definition) is 3. The fourth-order valence-electron chi connectivity index (χ4n) is 3.80. The lowest BCUT2D eigenvalue weighted by atomic mass is 9.91. The number of amides is 4. The molecule has 4 amide bonds. The lowest BCUT2D eigenvalue weighted by molar-refractivity contribution is -0.139. The molecule has 1 saturated heterocycles. The first-order valence-electron chi connectivity index (χ1n) is 10.5. The van der Waals surface area contributed by atoms with Gasteiger partial charge in [0.05, 0.1) is 0 Å². The van der Waals surface area contributed by atoms with Crippen LogP contribution in [0.5, 0.6) is 0 Å². The predicted molar refractivity (Wildman–Crippen MR) is 116 cm³/mol. The zero-order valence-electron chi connectivity index (χ0n) is 18.2. The van der Waals surface area contributed by atoms with E-state index in [1.807, 2.05) is 24.3 Å². The second-order valence-electron chi connectivity index (χ2n) is 7.93. The largest absolute Gasteiger partial charge is 0.337 e. The minimum atomic E-state index is -1.22. The molecule has 1 aliphatic rings. The van der Waals surface area contributed by atoms with Gasteiger partial charge in [-0.2, -0.15) is 0 Å². The van der Waals surface area contributed by atoms with Gasteiger partial charge in [-0.3, -0.25) is 14.5 Å². The van der Waals surface area contributed by atoms with Crippen molar-refractivity contribution in [2.24, 2.45) is 0 Å². The molecule has 2 aromatic rings. The van der Waals surface area contributed by atoms with E-state index in [1.54, 1.807) is 26.0 Å². The number of carbonyl (C=O) groups excluding carboxylic acids is 3. The average Bonchev–Trinajstić information content (AvgIpc) is 2.96. The summed E-state index contributed by atoms with van der Waals surface area (Å²) in [5, 5.41) is 2.73. The Morgan fingerprint density at radius 1 is 1.10 bits per heavy atom. The molecule has 1 unspecified atom stereocenters. The van der Waals surface area contributed by atoms with Gasteiger partial charge in [-0.05, 0) is 49.1 Å². The zero-order valence-corrected chi connectivity index (χ0v) is 18.2. The van der Waals surface area contributed by atoms with Crippen LogP contribution in [0.4, 0.5) is 9.18 Å². The Labute approximate surface area is 182 Å². The van der Waals surface area contributed by atoms with E-state index >= 15 is 0 Å². The molecule has 31 heavy (non-hydrogen) atoms. The van der Waals surface area contributed by atoms with Gasteiger partial charge in [-0.1, -0.05) is 49.7 Å². The Bertz CT molecular complexity index is 976. The van der Waals surface area contributed by atoms with Crippen LogP contribution in [-0.4, -0.2) is 40.7 Å². The summed E-state index contributed by atoms with van der Waals surface area (Å²) in [6.07, 6.45) is 1.96. The highest BCUT2D eigenvalue weighted by atomic mass is 19.1. The van der Waals surface area contributed by atoms with Gasteiger partial charge in [0.2, 0.25) is 5.91 Å². The topological polar surface area (TPSA) is 69.7 Å². The van der Waals surface area contributed by atoms with Crippen LogP contribution in [0.25, 0.3) is 0 Å². The minimum absolute atomic E-state index is 0.201. The Hall–Kier alpha value is -3.22. The molecule has 3 rings (SSSR count). The predicted octanol–water partition coefficient (Wildman–Crippen LogP) is 3.59. The van der Waals surface area contributed by atoms with Crippen molar-refractivity contribution in [2.45, 2.75) is 45.7 Å². The summed E-state index contributed by atoms with van der Waals surface area (Å²) in [4.78, 5) is 41.0. The first kappa shape index (κ1) is 22.5. The summed E-state index contributed by atoms with van der Waals surface area (Å²) in [6.45, 7) is 5.75. The molecule has 1 fully saturated rings. The van der Waals surface area contributed by atoms with Crippen LogP contribution in [0, 0.1) is 5.82 Å². The molecule has 0 saturated carbocycles. The maximum absolute atomic E-state index is 13.5. The van der Waals surface area contributed by atoms with Gasteiger partial charge in [0.25, 0.3) is 5.91 Å². The Balaban J connectivity index is 1.73. The van der Waals surface area contributed by atoms with Crippen molar-refractivity contribution in [2.75, 3.05) is 13.1 Å². The van der Waals surface area contributed by atoms with E-state index in [9.17, 15) is 18.8 Å². The summed E-state index contributed by atoms with van der Waals surface area (Å²) in [7, 11) is 0. The van der Waals surface area contributed by atoms with E-state index in [1.165, 1.54) is 17.0 Å². The van der Waals surface area contributed by atoms with Crippen LogP contribution in [0.2, 0.25) is 0 Å². The first-order valence-corrected chi connectivity index (χ1v) is 10.5. The highest BCUT2D eigenvalue weighted by molar-refractivity contribution is 6.09. The molecule has 1 heterocycles. The van der Waals surface area contributed by atoms with Gasteiger partial charge in [0, 0.05) is 13.1 Å². The summed E-state index contributed by atoms with van der Waals surface area (Å²) in [5.74, 6) is -1.22. The number of benzene rings is 2. The van der Waals surface area contributed by atoms with E-state index in [0.29, 0.717) is 17.7 Å². The number of carbonyl (C=O) groups is 3. The molecule has 2 aromatic carbocycles. The third-order valence-electron chi connectivity index (χ3n) is 5.64. The molecule has 7 heteroatoms. The fraction of sp³-hybridized carbons (Fsp3) is 0.375. The van der Waals surface area contributed by atoms with Crippen molar-refractivity contribution in [3.63, 3.8) is 0 Å². The maximum Gasteiger partial charge on any atom is 0.325 e. The molecule has 0 aliphatic carbocycles. The number of halogens is 1. The Kier molecular flexibility index (Phi) is 6.73. The zero-order chi connectivity index (χ0) is 22.6. The summed E-state index contributed by atoms with van der Waals surface area (Å²) >= 11 is 0. The molecule has 0 radical (unpaired) electrons. The van der Waals surface area contributed by atoms with Crippen LogP contribution >= 0.6 is 0 Å². The normalized spacial score (nSPS) is 18.3.